The third-order valence-corrected chi connectivity index (χ3v) is 3.84. The summed E-state index contributed by atoms with van der Waals surface area (Å²) in [5.41, 5.74) is 0. The van der Waals surface area contributed by atoms with Crippen LogP contribution in [0.1, 0.15) is 25.7 Å². The molecule has 5 heteroatoms. The fourth-order valence-corrected chi connectivity index (χ4v) is 2.83. The number of rotatable bonds is 1. The average molecular weight is 253 g/mol. The lowest BCUT2D eigenvalue weighted by atomic mass is 9.97. The van der Waals surface area contributed by atoms with E-state index in [1.165, 1.54) is 0 Å². The first kappa shape index (κ1) is 13.2. The van der Waals surface area contributed by atoms with Crippen LogP contribution in [0.2, 0.25) is 0 Å². The summed E-state index contributed by atoms with van der Waals surface area (Å²) in [6.45, 7) is 3.17. The molecule has 0 radical (unpaired) electrons. The molecular weight excluding hydrogens is 230 g/mol. The van der Waals surface area contributed by atoms with Crippen LogP contribution in [-0.2, 0) is 4.79 Å². The average Bonchev–Trinajstić information content (AvgIpc) is 2.91. The number of hydrogen-bond acceptors (Lipinski definition) is 2. The zero-order valence-electron chi connectivity index (χ0n) is 11.4. The summed E-state index contributed by atoms with van der Waals surface area (Å²) in [5, 5.41) is 0. The van der Waals surface area contributed by atoms with Crippen LogP contribution >= 0.6 is 0 Å². The van der Waals surface area contributed by atoms with Crippen molar-refractivity contribution in [3.63, 3.8) is 0 Å². The number of piperidine rings is 1. The van der Waals surface area contributed by atoms with Crippen LogP contribution in [0.5, 0.6) is 0 Å². The zero-order chi connectivity index (χ0) is 13.1. The molecule has 2 heterocycles. The highest BCUT2D eigenvalue weighted by molar-refractivity contribution is 5.81. The van der Waals surface area contributed by atoms with Crippen molar-refractivity contribution in [2.45, 2.75) is 25.7 Å². The van der Waals surface area contributed by atoms with Crippen LogP contribution in [0, 0.1) is 5.92 Å². The summed E-state index contributed by atoms with van der Waals surface area (Å²) in [6, 6.07) is 0.0221. The van der Waals surface area contributed by atoms with E-state index in [1.54, 1.807) is 19.0 Å². The third kappa shape index (κ3) is 2.76. The maximum absolute atomic E-state index is 12.3. The molecule has 0 unspecified atom stereocenters. The fourth-order valence-electron chi connectivity index (χ4n) is 2.83. The largest absolute Gasteiger partial charge is 0.342 e. The van der Waals surface area contributed by atoms with Gasteiger partial charge in [0.2, 0.25) is 5.91 Å². The van der Waals surface area contributed by atoms with Crippen molar-refractivity contribution in [3.05, 3.63) is 0 Å². The van der Waals surface area contributed by atoms with Crippen molar-refractivity contribution in [3.8, 4) is 0 Å². The number of amides is 3. The summed E-state index contributed by atoms with van der Waals surface area (Å²) >= 11 is 0. The van der Waals surface area contributed by atoms with Gasteiger partial charge < -0.3 is 14.7 Å². The molecule has 2 fully saturated rings. The predicted molar refractivity (Wildman–Crippen MR) is 69.2 cm³/mol. The van der Waals surface area contributed by atoms with E-state index in [4.69, 9.17) is 0 Å². The van der Waals surface area contributed by atoms with Crippen LogP contribution in [-0.4, -0.2) is 66.9 Å². The van der Waals surface area contributed by atoms with E-state index in [9.17, 15) is 9.59 Å². The first-order valence-electron chi connectivity index (χ1n) is 6.84. The molecule has 0 spiro atoms. The molecular formula is C13H23N3O2. The molecule has 2 saturated heterocycles. The van der Waals surface area contributed by atoms with Crippen LogP contribution in [0.15, 0.2) is 0 Å². The van der Waals surface area contributed by atoms with Crippen molar-refractivity contribution >= 4 is 11.9 Å². The second-order valence-corrected chi connectivity index (χ2v) is 5.49. The molecule has 102 valence electrons. The van der Waals surface area contributed by atoms with Gasteiger partial charge >= 0.3 is 6.03 Å². The minimum atomic E-state index is 0.0146. The van der Waals surface area contributed by atoms with Gasteiger partial charge in [-0.05, 0) is 25.7 Å². The molecule has 1 atom stereocenters. The van der Waals surface area contributed by atoms with Gasteiger partial charge in [-0.15, -0.1) is 0 Å². The van der Waals surface area contributed by atoms with Gasteiger partial charge in [0.05, 0.1) is 5.92 Å². The highest BCUT2D eigenvalue weighted by Crippen LogP contribution is 2.21. The van der Waals surface area contributed by atoms with Crippen LogP contribution < -0.4 is 0 Å². The van der Waals surface area contributed by atoms with Crippen LogP contribution in [0.4, 0.5) is 4.79 Å². The van der Waals surface area contributed by atoms with Gasteiger partial charge in [-0.1, -0.05) is 0 Å². The maximum Gasteiger partial charge on any atom is 0.319 e. The van der Waals surface area contributed by atoms with E-state index in [-0.39, 0.29) is 17.9 Å². The van der Waals surface area contributed by atoms with Gasteiger partial charge in [0.25, 0.3) is 0 Å². The maximum atomic E-state index is 12.3. The molecule has 2 aliphatic rings. The first-order chi connectivity index (χ1) is 8.59. The van der Waals surface area contributed by atoms with Gasteiger partial charge in [0, 0.05) is 40.3 Å². The minimum absolute atomic E-state index is 0.0146. The van der Waals surface area contributed by atoms with E-state index in [0.29, 0.717) is 6.54 Å². The number of carbonyl (C=O) groups excluding carboxylic acids is 2. The van der Waals surface area contributed by atoms with Gasteiger partial charge in [0.1, 0.15) is 0 Å². The normalized spacial score (nSPS) is 24.2. The molecule has 0 aromatic rings. The number of nitrogens with zero attached hydrogens (tertiary/aromatic N) is 3. The minimum Gasteiger partial charge on any atom is -0.342 e. The number of hydrogen-bond donors (Lipinski definition) is 0. The Morgan fingerprint density at radius 1 is 1.00 bits per heavy atom. The lowest BCUT2D eigenvalue weighted by molar-refractivity contribution is -0.135. The molecule has 5 nitrogen and oxygen atoms in total. The van der Waals surface area contributed by atoms with Gasteiger partial charge in [-0.3, -0.25) is 4.79 Å². The Hall–Kier alpha value is -1.26. The molecule has 2 rings (SSSR count). The molecule has 0 saturated carbocycles. The Bertz CT molecular complexity index is 324. The molecule has 3 amide bonds. The Morgan fingerprint density at radius 2 is 1.61 bits per heavy atom. The Kier molecular flexibility index (Phi) is 4.09. The second-order valence-electron chi connectivity index (χ2n) is 5.49. The second kappa shape index (κ2) is 5.59. The quantitative estimate of drug-likeness (QED) is 0.700. The summed E-state index contributed by atoms with van der Waals surface area (Å²) in [4.78, 5) is 29.6. The Balaban J connectivity index is 1.93. The molecule has 0 bridgehead atoms. The van der Waals surface area contributed by atoms with Gasteiger partial charge in [-0.25, -0.2) is 4.79 Å². The number of urea groups is 1. The Labute approximate surface area is 109 Å². The highest BCUT2D eigenvalue weighted by atomic mass is 16.2. The highest BCUT2D eigenvalue weighted by Gasteiger charge is 2.32. The molecule has 18 heavy (non-hydrogen) atoms. The van der Waals surface area contributed by atoms with Crippen molar-refractivity contribution in [2.24, 2.45) is 5.92 Å². The topological polar surface area (TPSA) is 43.9 Å². The van der Waals surface area contributed by atoms with E-state index in [0.717, 1.165) is 45.3 Å². The summed E-state index contributed by atoms with van der Waals surface area (Å²) < 4.78 is 0. The molecule has 2 aliphatic heterocycles. The molecule has 0 aliphatic carbocycles. The number of likely N-dealkylation sites (tertiary alicyclic amines) is 2. The predicted octanol–water partition coefficient (Wildman–Crippen LogP) is 1.00. The first-order valence-corrected chi connectivity index (χ1v) is 6.84. The standard InChI is InChI=1S/C13H23N3O2/c1-14(2)13(18)16-9-5-6-11(10-16)12(17)15-7-3-4-8-15/h11H,3-10H2,1-2H3/t11-/m0/s1. The number of carbonyl (C=O) groups is 2. The van der Waals surface area contributed by atoms with E-state index >= 15 is 0 Å². The van der Waals surface area contributed by atoms with E-state index in [2.05, 4.69) is 0 Å². The summed E-state index contributed by atoms with van der Waals surface area (Å²) in [5.74, 6) is 0.268. The van der Waals surface area contributed by atoms with Crippen molar-refractivity contribution in [1.29, 1.82) is 0 Å². The zero-order valence-corrected chi connectivity index (χ0v) is 11.4. The van der Waals surface area contributed by atoms with Gasteiger partial charge in [-0.2, -0.15) is 0 Å². The third-order valence-electron chi connectivity index (χ3n) is 3.84. The SMILES string of the molecule is CN(C)C(=O)N1CCC[C@H](C(=O)N2CCCC2)C1. The summed E-state index contributed by atoms with van der Waals surface area (Å²) in [6.07, 6.45) is 4.11. The lowest BCUT2D eigenvalue weighted by Gasteiger charge is -2.35. The van der Waals surface area contributed by atoms with E-state index in [1.807, 2.05) is 9.80 Å². The molecule has 0 aromatic carbocycles. The van der Waals surface area contributed by atoms with Crippen molar-refractivity contribution in [1.82, 2.24) is 14.7 Å². The molecule has 0 aromatic heterocycles. The molecule has 0 N–H and O–H groups in total. The van der Waals surface area contributed by atoms with E-state index < -0.39 is 0 Å². The summed E-state index contributed by atoms with van der Waals surface area (Å²) in [7, 11) is 3.52. The van der Waals surface area contributed by atoms with Crippen LogP contribution in [0.25, 0.3) is 0 Å². The van der Waals surface area contributed by atoms with Crippen LogP contribution in [0.3, 0.4) is 0 Å². The van der Waals surface area contributed by atoms with Crippen molar-refractivity contribution in [2.75, 3.05) is 40.3 Å². The van der Waals surface area contributed by atoms with Gasteiger partial charge in [0.15, 0.2) is 0 Å². The monoisotopic (exact) mass is 253 g/mol. The Morgan fingerprint density at radius 3 is 2.22 bits per heavy atom. The fraction of sp³-hybridized carbons (Fsp3) is 0.846. The lowest BCUT2D eigenvalue weighted by Crippen LogP contribution is -2.48. The van der Waals surface area contributed by atoms with Crippen molar-refractivity contribution < 1.29 is 9.59 Å². The smallest absolute Gasteiger partial charge is 0.319 e.